The van der Waals surface area contributed by atoms with Crippen LogP contribution in [0, 0.1) is 0 Å². The average molecular weight is 370 g/mol. The number of nitrogens with zero attached hydrogens (tertiary/aromatic N) is 4. The number of benzene rings is 1. The first-order valence-electron chi connectivity index (χ1n) is 9.47. The molecule has 6 heteroatoms. The summed E-state index contributed by atoms with van der Waals surface area (Å²) in [6.07, 6.45) is 4.88. The molecule has 0 bridgehead atoms. The van der Waals surface area contributed by atoms with Gasteiger partial charge in [-0.05, 0) is 44.3 Å². The van der Waals surface area contributed by atoms with Crippen molar-refractivity contribution < 1.29 is 9.84 Å². The summed E-state index contributed by atoms with van der Waals surface area (Å²) in [4.78, 5) is 4.40. The molecule has 0 amide bonds. The van der Waals surface area contributed by atoms with Crippen molar-refractivity contribution in [2.24, 2.45) is 0 Å². The summed E-state index contributed by atoms with van der Waals surface area (Å²) in [5, 5.41) is 15.0. The zero-order valence-corrected chi connectivity index (χ0v) is 16.5. The molecule has 1 N–H and O–H groups in total. The van der Waals surface area contributed by atoms with E-state index >= 15 is 0 Å². The molecule has 6 nitrogen and oxygen atoms in total. The molecular weight excluding hydrogens is 340 g/mol. The summed E-state index contributed by atoms with van der Waals surface area (Å²) in [6.45, 7) is 4.29. The van der Waals surface area contributed by atoms with Crippen LogP contribution in [0.15, 0.2) is 36.4 Å². The Morgan fingerprint density at radius 3 is 2.74 bits per heavy atom. The van der Waals surface area contributed by atoms with E-state index in [1.165, 1.54) is 11.3 Å². The molecule has 2 heterocycles. The summed E-state index contributed by atoms with van der Waals surface area (Å²) in [5.41, 5.74) is 3.12. The molecule has 1 aliphatic rings. The number of ether oxygens (including phenoxy) is 1. The third-order valence-electron chi connectivity index (χ3n) is 4.78. The van der Waals surface area contributed by atoms with Gasteiger partial charge in [-0.15, -0.1) is 0 Å². The zero-order chi connectivity index (χ0) is 19.2. The monoisotopic (exact) mass is 370 g/mol. The quantitative estimate of drug-likeness (QED) is 0.811. The van der Waals surface area contributed by atoms with Crippen LogP contribution in [0.3, 0.4) is 0 Å². The second kappa shape index (κ2) is 9.17. The molecule has 1 atom stereocenters. The van der Waals surface area contributed by atoms with E-state index in [1.807, 2.05) is 31.1 Å². The highest BCUT2D eigenvalue weighted by Crippen LogP contribution is 2.19. The molecule has 0 saturated carbocycles. The fourth-order valence-corrected chi connectivity index (χ4v) is 3.36. The van der Waals surface area contributed by atoms with Gasteiger partial charge in [0.05, 0.1) is 18.5 Å². The lowest BCUT2D eigenvalue weighted by atomic mass is 10.2. The molecule has 1 aromatic heterocycles. The maximum absolute atomic E-state index is 10.3. The lowest BCUT2D eigenvalue weighted by molar-refractivity contribution is 0.133. The van der Waals surface area contributed by atoms with Crippen molar-refractivity contribution in [1.29, 1.82) is 0 Å². The summed E-state index contributed by atoms with van der Waals surface area (Å²) in [6, 6.07) is 10.1. The Morgan fingerprint density at radius 1 is 1.26 bits per heavy atom. The second-order valence-electron chi connectivity index (χ2n) is 7.33. The normalized spacial score (nSPS) is 16.5. The van der Waals surface area contributed by atoms with Crippen molar-refractivity contribution in [3.05, 3.63) is 53.4 Å². The molecule has 3 rings (SSSR count). The van der Waals surface area contributed by atoms with Crippen LogP contribution in [-0.2, 0) is 13.1 Å². The van der Waals surface area contributed by atoms with Gasteiger partial charge < -0.3 is 14.7 Å². The summed E-state index contributed by atoms with van der Waals surface area (Å²) in [7, 11) is 5.60. The fourth-order valence-electron chi connectivity index (χ4n) is 3.36. The molecule has 0 unspecified atom stereocenters. The summed E-state index contributed by atoms with van der Waals surface area (Å²) >= 11 is 0. The van der Waals surface area contributed by atoms with E-state index in [1.54, 1.807) is 7.11 Å². The van der Waals surface area contributed by atoms with Gasteiger partial charge in [0.25, 0.3) is 0 Å². The topological polar surface area (TPSA) is 53.8 Å². The highest BCUT2D eigenvalue weighted by molar-refractivity contribution is 5.50. The molecule has 0 radical (unpaired) electrons. The largest absolute Gasteiger partial charge is 0.497 e. The lowest BCUT2D eigenvalue weighted by Crippen LogP contribution is -2.23. The molecule has 1 aliphatic heterocycles. The van der Waals surface area contributed by atoms with Crippen LogP contribution in [0.2, 0.25) is 0 Å². The van der Waals surface area contributed by atoms with E-state index in [0.29, 0.717) is 6.54 Å². The molecule has 0 aliphatic carbocycles. The van der Waals surface area contributed by atoms with Crippen LogP contribution in [-0.4, -0.2) is 65.5 Å². The second-order valence-corrected chi connectivity index (χ2v) is 7.33. The van der Waals surface area contributed by atoms with E-state index in [2.05, 4.69) is 45.0 Å². The zero-order valence-electron chi connectivity index (χ0n) is 16.5. The van der Waals surface area contributed by atoms with Crippen LogP contribution in [0.4, 0.5) is 0 Å². The van der Waals surface area contributed by atoms with Crippen molar-refractivity contribution in [2.75, 3.05) is 40.8 Å². The van der Waals surface area contributed by atoms with Crippen molar-refractivity contribution in [3.8, 4) is 5.75 Å². The van der Waals surface area contributed by atoms with E-state index in [4.69, 9.17) is 4.74 Å². The van der Waals surface area contributed by atoms with Gasteiger partial charge in [0.15, 0.2) is 0 Å². The third kappa shape index (κ3) is 5.42. The van der Waals surface area contributed by atoms with Crippen molar-refractivity contribution in [1.82, 2.24) is 19.6 Å². The number of rotatable bonds is 7. The number of aromatic nitrogens is 2. The minimum Gasteiger partial charge on any atom is -0.497 e. The Bertz CT molecular complexity index is 752. The van der Waals surface area contributed by atoms with Gasteiger partial charge in [0, 0.05) is 32.7 Å². The number of fused-ring (bicyclic) bond motifs is 1. The summed E-state index contributed by atoms with van der Waals surface area (Å²) < 4.78 is 7.25. The minimum atomic E-state index is -0.539. The van der Waals surface area contributed by atoms with Gasteiger partial charge >= 0.3 is 0 Å². The van der Waals surface area contributed by atoms with Crippen LogP contribution < -0.4 is 4.74 Å². The minimum absolute atomic E-state index is 0.539. The van der Waals surface area contributed by atoms with E-state index < -0.39 is 6.10 Å². The lowest BCUT2D eigenvalue weighted by Gasteiger charge is -2.17. The Hall–Kier alpha value is -2.15. The number of aliphatic hydroxyl groups is 1. The summed E-state index contributed by atoms with van der Waals surface area (Å²) in [5.74, 6) is 0.875. The van der Waals surface area contributed by atoms with Crippen LogP contribution in [0.5, 0.6) is 5.75 Å². The molecule has 0 fully saturated rings. The maximum Gasteiger partial charge on any atom is 0.118 e. The molecule has 1 aromatic carbocycles. The standard InChI is InChI=1S/C21H30N4O2/c1-23(2)16-21(26)20-14-18-15-24(12-5-13-25(18)22-20)11-4-6-17-7-9-19(27-3)10-8-17/h4,6-10,14,21,26H,5,11-13,15-16H2,1-3H3/b6-4+/t21-/m0/s1. The van der Waals surface area contributed by atoms with Crippen molar-refractivity contribution in [3.63, 3.8) is 0 Å². The SMILES string of the molecule is COc1ccc(/C=C/CN2CCCn3nc([C@@H](O)CN(C)C)cc3C2)cc1. The van der Waals surface area contributed by atoms with Crippen LogP contribution in [0.25, 0.3) is 6.08 Å². The van der Waals surface area contributed by atoms with Gasteiger partial charge in [-0.1, -0.05) is 24.3 Å². The Kier molecular flexibility index (Phi) is 6.66. The Labute approximate surface area is 161 Å². The van der Waals surface area contributed by atoms with Crippen molar-refractivity contribution >= 4 is 6.08 Å². The molecule has 146 valence electrons. The van der Waals surface area contributed by atoms with E-state index in [0.717, 1.165) is 44.0 Å². The number of hydrogen-bond acceptors (Lipinski definition) is 5. The number of aryl methyl sites for hydroxylation is 1. The highest BCUT2D eigenvalue weighted by atomic mass is 16.5. The van der Waals surface area contributed by atoms with Gasteiger partial charge in [0.2, 0.25) is 0 Å². The predicted molar refractivity (Wildman–Crippen MR) is 108 cm³/mol. The number of methoxy groups -OCH3 is 1. The van der Waals surface area contributed by atoms with Gasteiger partial charge in [-0.2, -0.15) is 5.10 Å². The smallest absolute Gasteiger partial charge is 0.118 e. The molecular formula is C21H30N4O2. The Balaban J connectivity index is 1.60. The van der Waals surface area contributed by atoms with Crippen LogP contribution in [0.1, 0.15) is 29.5 Å². The maximum atomic E-state index is 10.3. The number of likely N-dealkylation sites (N-methyl/N-ethyl adjacent to an activating group) is 1. The van der Waals surface area contributed by atoms with Crippen LogP contribution >= 0.6 is 0 Å². The molecule has 2 aromatic rings. The first-order valence-corrected chi connectivity index (χ1v) is 9.47. The predicted octanol–water partition coefficient (Wildman–Crippen LogP) is 2.41. The molecule has 0 saturated heterocycles. The van der Waals surface area contributed by atoms with E-state index in [9.17, 15) is 5.11 Å². The van der Waals surface area contributed by atoms with Gasteiger partial charge in [0.1, 0.15) is 11.9 Å². The number of aliphatic hydroxyl groups excluding tert-OH is 1. The first-order chi connectivity index (χ1) is 13.0. The molecule has 27 heavy (non-hydrogen) atoms. The third-order valence-corrected chi connectivity index (χ3v) is 4.78. The van der Waals surface area contributed by atoms with Gasteiger partial charge in [-0.25, -0.2) is 0 Å². The Morgan fingerprint density at radius 2 is 2.04 bits per heavy atom. The fraction of sp³-hybridized carbons (Fsp3) is 0.476. The number of hydrogen-bond donors (Lipinski definition) is 1. The molecule has 0 spiro atoms. The van der Waals surface area contributed by atoms with E-state index in [-0.39, 0.29) is 0 Å². The van der Waals surface area contributed by atoms with Crippen molar-refractivity contribution in [2.45, 2.75) is 25.6 Å². The first kappa shape index (κ1) is 19.6. The average Bonchev–Trinajstić information content (AvgIpc) is 2.95. The van der Waals surface area contributed by atoms with Gasteiger partial charge in [-0.3, -0.25) is 9.58 Å². The highest BCUT2D eigenvalue weighted by Gasteiger charge is 2.19.